The highest BCUT2D eigenvalue weighted by atomic mass is 32.2. The lowest BCUT2D eigenvalue weighted by molar-refractivity contribution is -0.125. The first-order valence-electron chi connectivity index (χ1n) is 10.8. The third-order valence-corrected chi connectivity index (χ3v) is 7.65. The summed E-state index contributed by atoms with van der Waals surface area (Å²) < 4.78 is 38.1. The van der Waals surface area contributed by atoms with Crippen molar-refractivity contribution in [2.75, 3.05) is 50.9 Å². The number of carbonyl (C=O) groups excluding carboxylic acids is 2. The average Bonchev–Trinajstić information content (AvgIpc) is 2.85. The van der Waals surface area contributed by atoms with Gasteiger partial charge in [-0.15, -0.1) is 0 Å². The zero-order valence-corrected chi connectivity index (χ0v) is 19.2. The molecule has 1 unspecified atom stereocenters. The molecule has 2 aliphatic rings. The second-order valence-corrected chi connectivity index (χ2v) is 9.97. The van der Waals surface area contributed by atoms with Gasteiger partial charge in [0.1, 0.15) is 12.3 Å². The number of benzene rings is 2. The van der Waals surface area contributed by atoms with Gasteiger partial charge in [0.05, 0.1) is 23.8 Å². The average molecular weight is 474 g/mol. The third-order valence-electron chi connectivity index (χ3n) is 5.76. The SMILES string of the molecule is CC(CNC(=O)CN1C(=O)COc2ccc(S(=O)(=O)N3CCOCC3)cc21)c1ccccc1. The molecular formula is C23H27N3O6S. The third kappa shape index (κ3) is 5.18. The van der Waals surface area contributed by atoms with Gasteiger partial charge >= 0.3 is 0 Å². The topological polar surface area (TPSA) is 105 Å². The van der Waals surface area contributed by atoms with Crippen LogP contribution in [0.4, 0.5) is 5.69 Å². The van der Waals surface area contributed by atoms with Gasteiger partial charge in [-0.1, -0.05) is 37.3 Å². The predicted octanol–water partition coefficient (Wildman–Crippen LogP) is 1.35. The molecule has 2 heterocycles. The first kappa shape index (κ1) is 23.2. The van der Waals surface area contributed by atoms with Crippen molar-refractivity contribution in [1.82, 2.24) is 9.62 Å². The van der Waals surface area contributed by atoms with Crippen LogP contribution in [-0.4, -0.2) is 70.5 Å². The summed E-state index contributed by atoms with van der Waals surface area (Å²) in [5.41, 5.74) is 1.37. The molecule has 1 atom stereocenters. The van der Waals surface area contributed by atoms with Crippen LogP contribution < -0.4 is 15.0 Å². The fourth-order valence-electron chi connectivity index (χ4n) is 3.82. The van der Waals surface area contributed by atoms with E-state index in [1.54, 1.807) is 0 Å². The van der Waals surface area contributed by atoms with Crippen LogP contribution in [0.5, 0.6) is 5.75 Å². The Morgan fingerprint density at radius 3 is 2.58 bits per heavy atom. The summed E-state index contributed by atoms with van der Waals surface area (Å²) in [6.45, 7) is 3.18. The molecule has 0 aromatic heterocycles. The molecule has 0 spiro atoms. The second-order valence-electron chi connectivity index (χ2n) is 8.03. The van der Waals surface area contributed by atoms with Crippen molar-refractivity contribution >= 4 is 27.5 Å². The molecule has 2 aromatic rings. The zero-order chi connectivity index (χ0) is 23.4. The molecule has 1 fully saturated rings. The molecule has 0 radical (unpaired) electrons. The number of hydrogen-bond donors (Lipinski definition) is 1. The number of anilines is 1. The number of carbonyl (C=O) groups is 2. The van der Waals surface area contributed by atoms with E-state index in [1.165, 1.54) is 27.4 Å². The number of sulfonamides is 1. The van der Waals surface area contributed by atoms with Crippen molar-refractivity contribution in [3.8, 4) is 5.75 Å². The normalized spacial score (nSPS) is 17.7. The summed E-state index contributed by atoms with van der Waals surface area (Å²) in [6.07, 6.45) is 0. The van der Waals surface area contributed by atoms with Crippen molar-refractivity contribution in [2.45, 2.75) is 17.7 Å². The quantitative estimate of drug-likeness (QED) is 0.651. The fraction of sp³-hybridized carbons (Fsp3) is 0.391. The highest BCUT2D eigenvalue weighted by molar-refractivity contribution is 7.89. The summed E-state index contributed by atoms with van der Waals surface area (Å²) in [4.78, 5) is 26.5. The Morgan fingerprint density at radius 1 is 1.12 bits per heavy atom. The van der Waals surface area contributed by atoms with Crippen molar-refractivity contribution in [3.05, 3.63) is 54.1 Å². The van der Waals surface area contributed by atoms with Gasteiger partial charge in [-0.3, -0.25) is 14.5 Å². The first-order valence-corrected chi connectivity index (χ1v) is 12.3. The van der Waals surface area contributed by atoms with Crippen molar-refractivity contribution in [1.29, 1.82) is 0 Å². The number of rotatable bonds is 7. The maximum absolute atomic E-state index is 13.0. The van der Waals surface area contributed by atoms with Crippen LogP contribution in [0.1, 0.15) is 18.4 Å². The molecule has 1 saturated heterocycles. The van der Waals surface area contributed by atoms with Gasteiger partial charge in [0.25, 0.3) is 5.91 Å². The number of nitrogens with zero attached hydrogens (tertiary/aromatic N) is 2. The van der Waals surface area contributed by atoms with Gasteiger partial charge in [0.15, 0.2) is 6.61 Å². The largest absolute Gasteiger partial charge is 0.482 e. The van der Waals surface area contributed by atoms with Crippen molar-refractivity contribution in [2.24, 2.45) is 0 Å². The molecule has 33 heavy (non-hydrogen) atoms. The summed E-state index contributed by atoms with van der Waals surface area (Å²) in [6, 6.07) is 14.2. The maximum Gasteiger partial charge on any atom is 0.265 e. The van der Waals surface area contributed by atoms with Gasteiger partial charge in [-0.2, -0.15) is 4.31 Å². The van der Waals surface area contributed by atoms with E-state index in [0.717, 1.165) is 5.56 Å². The van der Waals surface area contributed by atoms with Crippen LogP contribution in [0.15, 0.2) is 53.4 Å². The molecule has 2 aliphatic heterocycles. The monoisotopic (exact) mass is 473 g/mol. The van der Waals surface area contributed by atoms with E-state index in [2.05, 4.69) is 5.32 Å². The highest BCUT2D eigenvalue weighted by Gasteiger charge is 2.32. The highest BCUT2D eigenvalue weighted by Crippen LogP contribution is 2.35. The Bertz CT molecular complexity index is 1120. The lowest BCUT2D eigenvalue weighted by Crippen LogP contribution is -2.46. The van der Waals surface area contributed by atoms with Crippen molar-refractivity contribution < 1.29 is 27.5 Å². The summed E-state index contributed by atoms with van der Waals surface area (Å²) in [7, 11) is -3.76. The van der Waals surface area contributed by atoms with Crippen LogP contribution in [0.3, 0.4) is 0 Å². The maximum atomic E-state index is 13.0. The molecular weight excluding hydrogens is 446 g/mol. The van der Waals surface area contributed by atoms with Crippen LogP contribution >= 0.6 is 0 Å². The van der Waals surface area contributed by atoms with Gasteiger partial charge in [-0.25, -0.2) is 8.42 Å². The number of morpholine rings is 1. The second kappa shape index (κ2) is 9.90. The molecule has 0 aliphatic carbocycles. The lowest BCUT2D eigenvalue weighted by atomic mass is 10.0. The zero-order valence-electron chi connectivity index (χ0n) is 18.4. The van der Waals surface area contributed by atoms with E-state index in [0.29, 0.717) is 25.5 Å². The van der Waals surface area contributed by atoms with E-state index in [9.17, 15) is 18.0 Å². The van der Waals surface area contributed by atoms with Gasteiger partial charge in [0.2, 0.25) is 15.9 Å². The molecule has 0 bridgehead atoms. The van der Waals surface area contributed by atoms with Gasteiger partial charge in [0, 0.05) is 19.6 Å². The van der Waals surface area contributed by atoms with Gasteiger partial charge < -0.3 is 14.8 Å². The number of amides is 2. The number of nitrogens with one attached hydrogen (secondary N) is 1. The molecule has 0 saturated carbocycles. The smallest absolute Gasteiger partial charge is 0.265 e. The number of ether oxygens (including phenoxy) is 2. The Labute approximate surface area is 193 Å². The first-order chi connectivity index (χ1) is 15.9. The number of hydrogen-bond acceptors (Lipinski definition) is 6. The minimum absolute atomic E-state index is 0.0459. The molecule has 176 valence electrons. The number of fused-ring (bicyclic) bond motifs is 1. The van der Waals surface area contributed by atoms with E-state index in [4.69, 9.17) is 9.47 Å². The minimum Gasteiger partial charge on any atom is -0.482 e. The summed E-state index contributed by atoms with van der Waals surface area (Å²) >= 11 is 0. The molecule has 2 aromatic carbocycles. The minimum atomic E-state index is -3.76. The standard InChI is InChI=1S/C23H27N3O6S/c1-17(18-5-3-2-4-6-18)14-24-22(27)15-26-20-13-19(7-8-21(20)32-16-23(26)28)33(29,30)25-9-11-31-12-10-25/h2-8,13,17H,9-12,14-16H2,1H3,(H,24,27). The fourth-order valence-corrected chi connectivity index (χ4v) is 5.25. The van der Waals surface area contributed by atoms with Crippen LogP contribution in [-0.2, 0) is 24.3 Å². The molecule has 9 nitrogen and oxygen atoms in total. The summed E-state index contributed by atoms with van der Waals surface area (Å²) in [5, 5.41) is 2.86. The van der Waals surface area contributed by atoms with Crippen molar-refractivity contribution in [3.63, 3.8) is 0 Å². The Morgan fingerprint density at radius 2 is 1.85 bits per heavy atom. The molecule has 1 N–H and O–H groups in total. The Balaban J connectivity index is 1.49. The van der Waals surface area contributed by atoms with Crippen LogP contribution in [0, 0.1) is 0 Å². The van der Waals surface area contributed by atoms with E-state index < -0.39 is 15.9 Å². The molecule has 10 heteroatoms. The molecule has 4 rings (SSSR count). The van der Waals surface area contributed by atoms with Crippen LogP contribution in [0.2, 0.25) is 0 Å². The Hall–Kier alpha value is -2.95. The van der Waals surface area contributed by atoms with Crippen LogP contribution in [0.25, 0.3) is 0 Å². The van der Waals surface area contributed by atoms with E-state index in [-0.39, 0.29) is 48.6 Å². The lowest BCUT2D eigenvalue weighted by Gasteiger charge is -2.30. The van der Waals surface area contributed by atoms with E-state index >= 15 is 0 Å². The van der Waals surface area contributed by atoms with Gasteiger partial charge in [-0.05, 0) is 29.7 Å². The van der Waals surface area contributed by atoms with E-state index in [1.807, 2.05) is 37.3 Å². The molecule has 2 amide bonds. The summed E-state index contributed by atoms with van der Waals surface area (Å²) in [5.74, 6) is -0.274. The predicted molar refractivity (Wildman–Crippen MR) is 122 cm³/mol. The Kier molecular flexibility index (Phi) is 6.96.